The first-order chi connectivity index (χ1) is 6.81. The first-order valence-corrected chi connectivity index (χ1v) is 4.44. The molecular weight excluding hydrogens is 180 g/mol. The smallest absolute Gasteiger partial charge is 0.121 e. The minimum absolute atomic E-state index is 0.228. The normalized spacial score (nSPS) is 13.3. The van der Waals surface area contributed by atoms with Gasteiger partial charge in [-0.2, -0.15) is 5.10 Å². The Kier molecular flexibility index (Phi) is 2.47. The van der Waals surface area contributed by atoms with E-state index in [1.807, 2.05) is 18.2 Å². The van der Waals surface area contributed by atoms with Crippen molar-refractivity contribution in [2.24, 2.45) is 0 Å². The fourth-order valence-electron chi connectivity index (χ4n) is 1.46. The minimum Gasteiger partial charge on any atom is -0.394 e. The van der Waals surface area contributed by atoms with Crippen LogP contribution in [0.5, 0.6) is 0 Å². The van der Waals surface area contributed by atoms with Crippen molar-refractivity contribution in [2.75, 3.05) is 6.61 Å². The van der Waals surface area contributed by atoms with Crippen molar-refractivity contribution in [2.45, 2.75) is 12.5 Å². The van der Waals surface area contributed by atoms with Crippen LogP contribution in [0.3, 0.4) is 0 Å². The van der Waals surface area contributed by atoms with E-state index < -0.39 is 6.10 Å². The van der Waals surface area contributed by atoms with Crippen LogP contribution >= 0.6 is 0 Å². The maximum absolute atomic E-state index is 9.31. The summed E-state index contributed by atoms with van der Waals surface area (Å²) < 4.78 is 0. The van der Waals surface area contributed by atoms with E-state index in [9.17, 15) is 5.11 Å². The van der Waals surface area contributed by atoms with Crippen LogP contribution in [0.2, 0.25) is 0 Å². The fourth-order valence-corrected chi connectivity index (χ4v) is 1.46. The Morgan fingerprint density at radius 1 is 1.50 bits per heavy atom. The van der Waals surface area contributed by atoms with Gasteiger partial charge in [0.15, 0.2) is 0 Å². The molecule has 0 saturated heterocycles. The molecule has 1 heterocycles. The van der Waals surface area contributed by atoms with Crippen molar-refractivity contribution >= 4 is 10.9 Å². The van der Waals surface area contributed by atoms with Crippen molar-refractivity contribution in [1.82, 2.24) is 10.2 Å². The lowest BCUT2D eigenvalue weighted by Crippen LogP contribution is -2.15. The molecule has 1 unspecified atom stereocenters. The Morgan fingerprint density at radius 3 is 3.14 bits per heavy atom. The zero-order chi connectivity index (χ0) is 9.97. The number of aliphatic hydroxyl groups is 2. The number of fused-ring (bicyclic) bond motifs is 1. The van der Waals surface area contributed by atoms with Crippen LogP contribution in [-0.4, -0.2) is 33.1 Å². The third-order valence-corrected chi connectivity index (χ3v) is 2.16. The summed E-state index contributed by atoms with van der Waals surface area (Å²) >= 11 is 0. The molecule has 0 aliphatic heterocycles. The van der Waals surface area contributed by atoms with Gasteiger partial charge in [-0.3, -0.25) is 5.10 Å². The molecule has 1 aromatic carbocycles. The molecule has 0 bridgehead atoms. The number of nitrogens with zero attached hydrogens (tertiary/aromatic N) is 1. The summed E-state index contributed by atoms with van der Waals surface area (Å²) in [5, 5.41) is 25.5. The van der Waals surface area contributed by atoms with Gasteiger partial charge in [0.2, 0.25) is 0 Å². The van der Waals surface area contributed by atoms with Gasteiger partial charge in [-0.1, -0.05) is 12.1 Å². The van der Waals surface area contributed by atoms with Crippen LogP contribution in [0.1, 0.15) is 5.56 Å². The summed E-state index contributed by atoms with van der Waals surface area (Å²) in [6.45, 7) is -0.228. The van der Waals surface area contributed by atoms with E-state index in [1.165, 1.54) is 0 Å². The summed E-state index contributed by atoms with van der Waals surface area (Å²) in [6, 6.07) is 5.68. The zero-order valence-corrected chi connectivity index (χ0v) is 7.57. The average Bonchev–Trinajstić information content (AvgIpc) is 2.66. The number of aromatic nitrogens is 2. The Bertz CT molecular complexity index is 425. The Morgan fingerprint density at radius 2 is 2.36 bits per heavy atom. The molecular formula is C10H11N2O2. The van der Waals surface area contributed by atoms with Gasteiger partial charge < -0.3 is 10.2 Å². The van der Waals surface area contributed by atoms with Gasteiger partial charge in [0.1, 0.15) is 6.20 Å². The molecule has 0 spiro atoms. The molecule has 2 rings (SSSR count). The predicted octanol–water partition coefficient (Wildman–Crippen LogP) is 0.259. The lowest BCUT2D eigenvalue weighted by Gasteiger charge is -2.07. The van der Waals surface area contributed by atoms with E-state index in [0.717, 1.165) is 16.5 Å². The quantitative estimate of drug-likeness (QED) is 0.651. The number of rotatable bonds is 3. The zero-order valence-electron chi connectivity index (χ0n) is 7.57. The number of benzene rings is 1. The molecule has 0 aliphatic carbocycles. The molecule has 73 valence electrons. The minimum atomic E-state index is -0.719. The lowest BCUT2D eigenvalue weighted by atomic mass is 10.0. The second-order valence-electron chi connectivity index (χ2n) is 3.22. The molecule has 3 N–H and O–H groups in total. The summed E-state index contributed by atoms with van der Waals surface area (Å²) in [4.78, 5) is 0. The highest BCUT2D eigenvalue weighted by atomic mass is 16.3. The second-order valence-corrected chi connectivity index (χ2v) is 3.22. The van der Waals surface area contributed by atoms with Crippen LogP contribution < -0.4 is 0 Å². The highest BCUT2D eigenvalue weighted by Gasteiger charge is 2.07. The van der Waals surface area contributed by atoms with Gasteiger partial charge in [-0.05, 0) is 11.6 Å². The molecule has 14 heavy (non-hydrogen) atoms. The monoisotopic (exact) mass is 191 g/mol. The first-order valence-electron chi connectivity index (χ1n) is 4.44. The number of hydrogen-bond acceptors (Lipinski definition) is 3. The fraction of sp³-hybridized carbons (Fsp3) is 0.300. The molecule has 0 aliphatic rings. The Hall–Kier alpha value is -1.39. The van der Waals surface area contributed by atoms with Crippen LogP contribution in [-0.2, 0) is 6.42 Å². The number of aliphatic hydroxyl groups excluding tert-OH is 2. The molecule has 0 amide bonds. The number of H-pyrrole nitrogens is 1. The maximum atomic E-state index is 9.31. The van der Waals surface area contributed by atoms with Crippen LogP contribution in [0.4, 0.5) is 0 Å². The third-order valence-electron chi connectivity index (χ3n) is 2.16. The summed E-state index contributed by atoms with van der Waals surface area (Å²) in [7, 11) is 0. The predicted molar refractivity (Wildman–Crippen MR) is 51.7 cm³/mol. The van der Waals surface area contributed by atoms with E-state index in [0.29, 0.717) is 6.42 Å². The standard InChI is InChI=1S/C10H11N2O2/c13-6-8(14)4-7-2-1-3-10-9(7)5-11-12-10/h1-3,8,13-14H,4,6H2,(H,11,12). The van der Waals surface area contributed by atoms with Crippen LogP contribution in [0.15, 0.2) is 18.2 Å². The van der Waals surface area contributed by atoms with Crippen molar-refractivity contribution in [3.05, 3.63) is 30.0 Å². The SMILES string of the molecule is OCC(O)Cc1cccc2[nH]n[c]c12. The molecule has 1 aromatic heterocycles. The van der Waals surface area contributed by atoms with Gasteiger partial charge in [0, 0.05) is 11.8 Å². The first kappa shape index (κ1) is 9.18. The van der Waals surface area contributed by atoms with E-state index >= 15 is 0 Å². The summed E-state index contributed by atoms with van der Waals surface area (Å²) in [5.41, 5.74) is 1.84. The highest BCUT2D eigenvalue weighted by Crippen LogP contribution is 2.16. The van der Waals surface area contributed by atoms with Crippen molar-refractivity contribution < 1.29 is 10.2 Å². The molecule has 4 heteroatoms. The Labute approximate surface area is 81.2 Å². The largest absolute Gasteiger partial charge is 0.394 e. The van der Waals surface area contributed by atoms with E-state index in [-0.39, 0.29) is 6.61 Å². The van der Waals surface area contributed by atoms with Gasteiger partial charge >= 0.3 is 0 Å². The van der Waals surface area contributed by atoms with E-state index in [4.69, 9.17) is 5.11 Å². The lowest BCUT2D eigenvalue weighted by molar-refractivity contribution is 0.0957. The van der Waals surface area contributed by atoms with Gasteiger partial charge in [0.25, 0.3) is 0 Å². The van der Waals surface area contributed by atoms with Gasteiger partial charge in [0.05, 0.1) is 18.2 Å². The number of aromatic amines is 1. The Balaban J connectivity index is 2.36. The topological polar surface area (TPSA) is 69.1 Å². The molecule has 1 atom stereocenters. The van der Waals surface area contributed by atoms with Crippen molar-refractivity contribution in [3.8, 4) is 0 Å². The summed E-state index contributed by atoms with van der Waals surface area (Å²) in [6.07, 6.45) is 2.52. The molecule has 4 nitrogen and oxygen atoms in total. The van der Waals surface area contributed by atoms with E-state index in [2.05, 4.69) is 16.4 Å². The van der Waals surface area contributed by atoms with Crippen molar-refractivity contribution in [3.63, 3.8) is 0 Å². The number of hydrogen-bond donors (Lipinski definition) is 3. The highest BCUT2D eigenvalue weighted by molar-refractivity contribution is 5.80. The average molecular weight is 191 g/mol. The third kappa shape index (κ3) is 1.62. The van der Waals surface area contributed by atoms with Crippen LogP contribution in [0, 0.1) is 6.20 Å². The van der Waals surface area contributed by atoms with Gasteiger partial charge in [-0.15, -0.1) is 0 Å². The second kappa shape index (κ2) is 3.77. The summed E-state index contributed by atoms with van der Waals surface area (Å²) in [5.74, 6) is 0. The molecule has 2 aromatic rings. The van der Waals surface area contributed by atoms with E-state index in [1.54, 1.807) is 0 Å². The molecule has 0 fully saturated rings. The van der Waals surface area contributed by atoms with Crippen LogP contribution in [0.25, 0.3) is 10.9 Å². The molecule has 1 radical (unpaired) electrons. The number of nitrogens with one attached hydrogen (secondary N) is 1. The maximum Gasteiger partial charge on any atom is 0.121 e. The van der Waals surface area contributed by atoms with Crippen molar-refractivity contribution in [1.29, 1.82) is 0 Å². The molecule has 0 saturated carbocycles. The van der Waals surface area contributed by atoms with Gasteiger partial charge in [-0.25, -0.2) is 0 Å².